The SMILES string of the molecule is CCCOc1ccc(CCN=C(N)N)cc1.CCCOc1ccc(CCN=C(N)N)cc1. The molecule has 2 aromatic rings. The predicted molar refractivity (Wildman–Crippen MR) is 133 cm³/mol. The summed E-state index contributed by atoms with van der Waals surface area (Å²) in [6, 6.07) is 16.0. The Labute approximate surface area is 191 Å². The van der Waals surface area contributed by atoms with Crippen molar-refractivity contribution in [3.05, 3.63) is 59.7 Å². The van der Waals surface area contributed by atoms with Crippen LogP contribution in [0.2, 0.25) is 0 Å². The smallest absolute Gasteiger partial charge is 0.185 e. The van der Waals surface area contributed by atoms with E-state index >= 15 is 0 Å². The zero-order valence-corrected chi connectivity index (χ0v) is 19.3. The molecule has 0 aliphatic heterocycles. The molecule has 0 heterocycles. The van der Waals surface area contributed by atoms with E-state index in [1.165, 1.54) is 11.1 Å². The predicted octanol–water partition coefficient (Wildman–Crippen LogP) is 2.58. The number of nitrogens with two attached hydrogens (primary N) is 4. The largest absolute Gasteiger partial charge is 0.494 e. The van der Waals surface area contributed by atoms with Crippen LogP contribution in [-0.2, 0) is 12.8 Å². The van der Waals surface area contributed by atoms with Gasteiger partial charge in [-0.15, -0.1) is 0 Å². The molecule has 0 aliphatic rings. The highest BCUT2D eigenvalue weighted by Gasteiger charge is 1.96. The Morgan fingerprint density at radius 1 is 0.625 bits per heavy atom. The molecule has 0 saturated carbocycles. The number of rotatable bonds is 12. The highest BCUT2D eigenvalue weighted by atomic mass is 16.5. The van der Waals surface area contributed by atoms with E-state index in [0.29, 0.717) is 13.1 Å². The van der Waals surface area contributed by atoms with Crippen molar-refractivity contribution in [2.75, 3.05) is 26.3 Å². The van der Waals surface area contributed by atoms with E-state index < -0.39 is 0 Å². The minimum Gasteiger partial charge on any atom is -0.494 e. The molecule has 0 bridgehead atoms. The third-order valence-electron chi connectivity index (χ3n) is 4.18. The summed E-state index contributed by atoms with van der Waals surface area (Å²) in [5.74, 6) is 2.10. The van der Waals surface area contributed by atoms with E-state index in [4.69, 9.17) is 32.4 Å². The first-order chi connectivity index (χ1) is 15.4. The monoisotopic (exact) mass is 442 g/mol. The third-order valence-corrected chi connectivity index (χ3v) is 4.18. The van der Waals surface area contributed by atoms with E-state index in [-0.39, 0.29) is 11.9 Å². The Morgan fingerprint density at radius 2 is 0.969 bits per heavy atom. The van der Waals surface area contributed by atoms with Crippen LogP contribution in [0.1, 0.15) is 37.8 Å². The first-order valence-corrected chi connectivity index (χ1v) is 11.0. The second-order valence-corrected chi connectivity index (χ2v) is 7.10. The Morgan fingerprint density at radius 3 is 1.25 bits per heavy atom. The molecule has 8 N–H and O–H groups in total. The average Bonchev–Trinajstić information content (AvgIpc) is 2.78. The summed E-state index contributed by atoms with van der Waals surface area (Å²) in [5.41, 5.74) is 23.4. The van der Waals surface area contributed by atoms with Gasteiger partial charge in [0, 0.05) is 13.1 Å². The molecule has 8 heteroatoms. The topological polar surface area (TPSA) is 147 Å². The Balaban J connectivity index is 0.000000320. The van der Waals surface area contributed by atoms with Gasteiger partial charge >= 0.3 is 0 Å². The normalized spacial score (nSPS) is 9.81. The van der Waals surface area contributed by atoms with Gasteiger partial charge in [0.2, 0.25) is 0 Å². The third kappa shape index (κ3) is 13.0. The second-order valence-electron chi connectivity index (χ2n) is 7.10. The maximum atomic E-state index is 5.49. The summed E-state index contributed by atoms with van der Waals surface area (Å²) < 4.78 is 11.0. The van der Waals surface area contributed by atoms with E-state index in [1.807, 2.05) is 48.5 Å². The van der Waals surface area contributed by atoms with Crippen molar-refractivity contribution in [3.63, 3.8) is 0 Å². The van der Waals surface area contributed by atoms with Crippen molar-refractivity contribution in [2.24, 2.45) is 32.9 Å². The average molecular weight is 443 g/mol. The molecule has 176 valence electrons. The molecular weight excluding hydrogens is 404 g/mol. The highest BCUT2D eigenvalue weighted by Crippen LogP contribution is 2.13. The molecule has 0 spiro atoms. The van der Waals surface area contributed by atoms with E-state index in [0.717, 1.165) is 50.4 Å². The van der Waals surface area contributed by atoms with Crippen molar-refractivity contribution < 1.29 is 9.47 Å². The van der Waals surface area contributed by atoms with Gasteiger partial charge in [-0.05, 0) is 61.1 Å². The van der Waals surface area contributed by atoms with Crippen LogP contribution in [0.25, 0.3) is 0 Å². The molecule has 0 radical (unpaired) electrons. The zero-order valence-electron chi connectivity index (χ0n) is 19.3. The van der Waals surface area contributed by atoms with Gasteiger partial charge in [0.1, 0.15) is 11.5 Å². The molecule has 0 unspecified atom stereocenters. The number of hydrogen-bond acceptors (Lipinski definition) is 4. The molecule has 8 nitrogen and oxygen atoms in total. The van der Waals surface area contributed by atoms with Gasteiger partial charge in [0.05, 0.1) is 13.2 Å². The van der Waals surface area contributed by atoms with E-state index in [9.17, 15) is 0 Å². The first-order valence-electron chi connectivity index (χ1n) is 11.0. The van der Waals surface area contributed by atoms with Crippen LogP contribution in [-0.4, -0.2) is 38.2 Å². The van der Waals surface area contributed by atoms with Crippen LogP contribution in [0.5, 0.6) is 11.5 Å². The van der Waals surface area contributed by atoms with Crippen LogP contribution < -0.4 is 32.4 Å². The molecule has 0 aromatic heterocycles. The molecule has 0 aliphatic carbocycles. The highest BCUT2D eigenvalue weighted by molar-refractivity contribution is 5.75. The quantitative estimate of drug-likeness (QED) is 0.293. The number of guanidine groups is 2. The molecule has 32 heavy (non-hydrogen) atoms. The van der Waals surface area contributed by atoms with Crippen molar-refractivity contribution >= 4 is 11.9 Å². The van der Waals surface area contributed by atoms with E-state index in [1.54, 1.807) is 0 Å². The molecule has 0 fully saturated rings. The van der Waals surface area contributed by atoms with Crippen molar-refractivity contribution in [1.29, 1.82) is 0 Å². The number of hydrogen-bond donors (Lipinski definition) is 4. The maximum Gasteiger partial charge on any atom is 0.185 e. The van der Waals surface area contributed by atoms with Crippen LogP contribution in [0.4, 0.5) is 0 Å². The maximum absolute atomic E-state index is 5.49. The molecule has 0 atom stereocenters. The summed E-state index contributed by atoms with van der Waals surface area (Å²) >= 11 is 0. The number of ether oxygens (including phenoxy) is 2. The van der Waals surface area contributed by atoms with Gasteiger partial charge in [0.25, 0.3) is 0 Å². The fourth-order valence-corrected chi connectivity index (χ4v) is 2.57. The molecule has 2 rings (SSSR count). The van der Waals surface area contributed by atoms with Gasteiger partial charge < -0.3 is 32.4 Å². The lowest BCUT2D eigenvalue weighted by molar-refractivity contribution is 0.317. The van der Waals surface area contributed by atoms with Crippen molar-refractivity contribution in [1.82, 2.24) is 0 Å². The lowest BCUT2D eigenvalue weighted by Gasteiger charge is -2.05. The fourth-order valence-electron chi connectivity index (χ4n) is 2.57. The molecule has 0 saturated heterocycles. The fraction of sp³-hybridized carbons (Fsp3) is 0.417. The number of nitrogens with zero attached hydrogens (tertiary/aromatic N) is 2. The summed E-state index contributed by atoms with van der Waals surface area (Å²) in [5, 5.41) is 0. The molecule has 0 amide bonds. The summed E-state index contributed by atoms with van der Waals surface area (Å²) in [4.78, 5) is 7.87. The molecule has 2 aromatic carbocycles. The Bertz CT molecular complexity index is 727. The standard InChI is InChI=1S/2C12H19N3O/c2*1-2-9-16-11-5-3-10(4-6-11)7-8-15-12(13)14/h2*3-6H,2,7-9H2,1H3,(H4,13,14,15). The lowest BCUT2D eigenvalue weighted by Crippen LogP contribution is -2.23. The van der Waals surface area contributed by atoms with Gasteiger partial charge in [0.15, 0.2) is 11.9 Å². The van der Waals surface area contributed by atoms with Crippen LogP contribution in [0, 0.1) is 0 Å². The van der Waals surface area contributed by atoms with E-state index in [2.05, 4.69) is 23.8 Å². The zero-order chi connectivity index (χ0) is 23.6. The number of benzene rings is 2. The minimum atomic E-state index is 0.142. The number of aliphatic imine (C=N–C) groups is 2. The summed E-state index contributed by atoms with van der Waals surface area (Å²) in [6.45, 7) is 6.93. The van der Waals surface area contributed by atoms with Gasteiger partial charge in [-0.3, -0.25) is 9.98 Å². The molecular formula is C24H38N6O2. The second kappa shape index (κ2) is 16.3. The van der Waals surface area contributed by atoms with Crippen LogP contribution >= 0.6 is 0 Å². The van der Waals surface area contributed by atoms with Crippen molar-refractivity contribution in [2.45, 2.75) is 39.5 Å². The van der Waals surface area contributed by atoms with Crippen molar-refractivity contribution in [3.8, 4) is 11.5 Å². The minimum absolute atomic E-state index is 0.142. The van der Waals surface area contributed by atoms with Crippen LogP contribution in [0.15, 0.2) is 58.5 Å². The first kappa shape index (κ1) is 26.6. The lowest BCUT2D eigenvalue weighted by atomic mass is 10.1. The van der Waals surface area contributed by atoms with Gasteiger partial charge in [-0.25, -0.2) is 0 Å². The Kier molecular flexibility index (Phi) is 13.6. The van der Waals surface area contributed by atoms with Crippen LogP contribution in [0.3, 0.4) is 0 Å². The summed E-state index contributed by atoms with van der Waals surface area (Å²) in [7, 11) is 0. The van der Waals surface area contributed by atoms with Gasteiger partial charge in [-0.2, -0.15) is 0 Å². The van der Waals surface area contributed by atoms with Gasteiger partial charge in [-0.1, -0.05) is 38.1 Å². The Hall–Kier alpha value is -3.42. The summed E-state index contributed by atoms with van der Waals surface area (Å²) in [6.07, 6.45) is 3.72.